The number of carbonyl (C=O) groups excluding carboxylic acids is 1. The molecule has 0 saturated carbocycles. The van der Waals surface area contributed by atoms with E-state index in [4.69, 9.17) is 5.11 Å². The van der Waals surface area contributed by atoms with Gasteiger partial charge in [-0.3, -0.25) is 4.79 Å². The molecule has 3 aliphatic rings. The van der Waals surface area contributed by atoms with Gasteiger partial charge in [-0.05, 0) is 36.2 Å². The van der Waals surface area contributed by atoms with E-state index in [-0.39, 0.29) is 18.5 Å². The van der Waals surface area contributed by atoms with Gasteiger partial charge < -0.3 is 14.9 Å². The summed E-state index contributed by atoms with van der Waals surface area (Å²) < 4.78 is 4.55. The maximum Gasteiger partial charge on any atom is 0.308 e. The molecule has 3 rings (SSSR count). The van der Waals surface area contributed by atoms with Crippen LogP contribution in [0.4, 0.5) is 0 Å². The second-order valence-electron chi connectivity index (χ2n) is 6.58. The summed E-state index contributed by atoms with van der Waals surface area (Å²) in [6.07, 6.45) is 10.0. The lowest BCUT2D eigenvalue weighted by molar-refractivity contribution is -0.151. The Hall–Kier alpha value is -1.13. The fourth-order valence-corrected chi connectivity index (χ4v) is 3.68. The first-order chi connectivity index (χ1) is 12.5. The molecule has 0 amide bonds. The predicted molar refractivity (Wildman–Crippen MR) is 108 cm³/mol. The van der Waals surface area contributed by atoms with Gasteiger partial charge in [0, 0.05) is 6.42 Å². The normalized spacial score (nSPS) is 32.1. The molecule has 4 heteroatoms. The highest BCUT2D eigenvalue weighted by Crippen LogP contribution is 2.41. The van der Waals surface area contributed by atoms with Gasteiger partial charge in [-0.2, -0.15) is 0 Å². The number of cyclic esters (lactones) is 1. The maximum atomic E-state index is 10.3. The van der Waals surface area contributed by atoms with Crippen LogP contribution in [0.5, 0.6) is 0 Å². The lowest BCUT2D eigenvalue weighted by Crippen LogP contribution is -2.29. The number of rotatable bonds is 1. The Labute approximate surface area is 160 Å². The SMILES string of the molecule is CC.CC.CCC1C(C)C=CC2=CC(O)CCC21.O=C1CC(O)CCO1. The van der Waals surface area contributed by atoms with Gasteiger partial charge in [0.1, 0.15) is 0 Å². The Morgan fingerprint density at radius 1 is 1.12 bits per heavy atom. The summed E-state index contributed by atoms with van der Waals surface area (Å²) in [5.74, 6) is 1.92. The molecule has 0 spiro atoms. The molecule has 0 aromatic rings. The fourth-order valence-electron chi connectivity index (χ4n) is 3.68. The van der Waals surface area contributed by atoms with Crippen molar-refractivity contribution in [3.8, 4) is 0 Å². The van der Waals surface area contributed by atoms with Crippen molar-refractivity contribution in [2.24, 2.45) is 17.8 Å². The molecular formula is C22H40O4. The van der Waals surface area contributed by atoms with Crippen molar-refractivity contribution in [3.05, 3.63) is 23.8 Å². The Morgan fingerprint density at radius 2 is 1.77 bits per heavy atom. The summed E-state index contributed by atoms with van der Waals surface area (Å²) in [6, 6.07) is 0. The van der Waals surface area contributed by atoms with Gasteiger partial charge in [0.05, 0.1) is 25.2 Å². The lowest BCUT2D eigenvalue weighted by Gasteiger charge is -2.37. The third kappa shape index (κ3) is 8.05. The van der Waals surface area contributed by atoms with Gasteiger partial charge >= 0.3 is 5.97 Å². The highest BCUT2D eigenvalue weighted by molar-refractivity contribution is 5.70. The molecule has 5 unspecified atom stereocenters. The standard InChI is InChI=1S/C13H20O.C5H8O3.2C2H6/c1-3-12-9(2)4-5-10-8-11(14)6-7-13(10)12;6-4-1-2-8-5(7)3-4;2*1-2/h4-5,8-9,11-14H,3,6-7H2,1-2H3;4,6H,1-3H2;2*1-2H3. The van der Waals surface area contributed by atoms with E-state index < -0.39 is 6.10 Å². The summed E-state index contributed by atoms with van der Waals surface area (Å²) in [5.41, 5.74) is 1.38. The minimum Gasteiger partial charge on any atom is -0.465 e. The van der Waals surface area contributed by atoms with Crippen LogP contribution in [0.3, 0.4) is 0 Å². The van der Waals surface area contributed by atoms with E-state index in [1.165, 1.54) is 18.4 Å². The number of aliphatic hydroxyl groups is 2. The molecule has 0 aromatic heterocycles. The maximum absolute atomic E-state index is 10.3. The molecule has 2 aliphatic carbocycles. The summed E-state index contributed by atoms with van der Waals surface area (Å²) in [7, 11) is 0. The van der Waals surface area contributed by atoms with Crippen LogP contribution in [-0.2, 0) is 9.53 Å². The first-order valence-electron chi connectivity index (χ1n) is 10.4. The van der Waals surface area contributed by atoms with Gasteiger partial charge in [-0.1, -0.05) is 66.2 Å². The van der Waals surface area contributed by atoms with E-state index in [2.05, 4.69) is 36.8 Å². The molecule has 1 aliphatic heterocycles. The predicted octanol–water partition coefficient (Wildman–Crippen LogP) is 4.65. The highest BCUT2D eigenvalue weighted by Gasteiger charge is 2.32. The summed E-state index contributed by atoms with van der Waals surface area (Å²) in [5, 5.41) is 18.3. The molecule has 1 saturated heterocycles. The summed E-state index contributed by atoms with van der Waals surface area (Å²) in [6.45, 7) is 13.0. The van der Waals surface area contributed by atoms with Crippen molar-refractivity contribution < 1.29 is 19.7 Å². The number of allylic oxidation sites excluding steroid dienone is 3. The van der Waals surface area contributed by atoms with Crippen LogP contribution in [0.15, 0.2) is 23.8 Å². The quantitative estimate of drug-likeness (QED) is 0.661. The Kier molecular flexibility index (Phi) is 13.4. The molecular weight excluding hydrogens is 328 g/mol. The van der Waals surface area contributed by atoms with Crippen molar-refractivity contribution >= 4 is 5.97 Å². The first-order valence-corrected chi connectivity index (χ1v) is 10.4. The number of fused-ring (bicyclic) bond motifs is 1. The van der Waals surface area contributed by atoms with E-state index in [0.29, 0.717) is 24.9 Å². The number of hydrogen-bond donors (Lipinski definition) is 2. The molecule has 2 N–H and O–H groups in total. The van der Waals surface area contributed by atoms with E-state index in [1.54, 1.807) is 0 Å². The van der Waals surface area contributed by atoms with E-state index in [0.717, 1.165) is 12.3 Å². The topological polar surface area (TPSA) is 66.8 Å². The molecule has 26 heavy (non-hydrogen) atoms. The van der Waals surface area contributed by atoms with Gasteiger partial charge in [0.25, 0.3) is 0 Å². The number of aliphatic hydroxyl groups excluding tert-OH is 2. The number of esters is 1. The minimum atomic E-state index is -0.462. The zero-order valence-corrected chi connectivity index (χ0v) is 17.6. The zero-order chi connectivity index (χ0) is 20.1. The van der Waals surface area contributed by atoms with Gasteiger partial charge in [-0.15, -0.1) is 0 Å². The van der Waals surface area contributed by atoms with Crippen LogP contribution < -0.4 is 0 Å². The van der Waals surface area contributed by atoms with E-state index >= 15 is 0 Å². The monoisotopic (exact) mass is 368 g/mol. The molecule has 1 heterocycles. The van der Waals surface area contributed by atoms with Crippen molar-refractivity contribution in [1.29, 1.82) is 0 Å². The van der Waals surface area contributed by atoms with Crippen molar-refractivity contribution in [2.45, 2.75) is 85.9 Å². The van der Waals surface area contributed by atoms with Crippen LogP contribution in [0.25, 0.3) is 0 Å². The molecule has 4 nitrogen and oxygen atoms in total. The molecule has 5 atom stereocenters. The average molecular weight is 369 g/mol. The number of hydrogen-bond acceptors (Lipinski definition) is 4. The second-order valence-corrected chi connectivity index (χ2v) is 6.58. The molecule has 152 valence electrons. The van der Waals surface area contributed by atoms with E-state index in [1.807, 2.05) is 27.7 Å². The van der Waals surface area contributed by atoms with Crippen LogP contribution in [0.2, 0.25) is 0 Å². The Bertz CT molecular complexity index is 441. The number of ether oxygens (including phenoxy) is 1. The van der Waals surface area contributed by atoms with Crippen molar-refractivity contribution in [1.82, 2.24) is 0 Å². The van der Waals surface area contributed by atoms with Crippen LogP contribution in [0.1, 0.15) is 73.6 Å². The van der Waals surface area contributed by atoms with Gasteiger partial charge in [0.15, 0.2) is 0 Å². The van der Waals surface area contributed by atoms with Crippen LogP contribution in [-0.4, -0.2) is 35.0 Å². The second kappa shape index (κ2) is 14.0. The van der Waals surface area contributed by atoms with Crippen molar-refractivity contribution in [2.75, 3.05) is 6.61 Å². The molecule has 0 aromatic carbocycles. The highest BCUT2D eigenvalue weighted by atomic mass is 16.5. The molecule has 0 radical (unpaired) electrons. The summed E-state index contributed by atoms with van der Waals surface area (Å²) in [4.78, 5) is 10.3. The molecule has 1 fully saturated rings. The van der Waals surface area contributed by atoms with Crippen molar-refractivity contribution in [3.63, 3.8) is 0 Å². The average Bonchev–Trinajstić information content (AvgIpc) is 2.65. The molecule has 0 bridgehead atoms. The lowest BCUT2D eigenvalue weighted by atomic mass is 9.68. The van der Waals surface area contributed by atoms with Crippen LogP contribution in [0, 0.1) is 17.8 Å². The van der Waals surface area contributed by atoms with E-state index in [9.17, 15) is 9.90 Å². The third-order valence-corrected chi connectivity index (χ3v) is 4.96. The van der Waals surface area contributed by atoms with Gasteiger partial charge in [-0.25, -0.2) is 0 Å². The summed E-state index contributed by atoms with van der Waals surface area (Å²) >= 11 is 0. The largest absolute Gasteiger partial charge is 0.465 e. The first kappa shape index (κ1) is 24.9. The minimum absolute atomic E-state index is 0.167. The zero-order valence-electron chi connectivity index (χ0n) is 17.6. The number of carbonyl (C=O) groups is 1. The third-order valence-electron chi connectivity index (χ3n) is 4.96. The fraction of sp³-hybridized carbons (Fsp3) is 0.773. The van der Waals surface area contributed by atoms with Gasteiger partial charge in [0.2, 0.25) is 0 Å². The Balaban J connectivity index is 0.000000444. The van der Waals surface area contributed by atoms with Crippen LogP contribution >= 0.6 is 0 Å². The Morgan fingerprint density at radius 3 is 2.27 bits per heavy atom. The smallest absolute Gasteiger partial charge is 0.308 e.